The van der Waals surface area contributed by atoms with E-state index in [0.717, 1.165) is 0 Å². The van der Waals surface area contributed by atoms with E-state index >= 15 is 0 Å². The summed E-state index contributed by atoms with van der Waals surface area (Å²) < 4.78 is 45.3. The SMILES string of the molecule is O=S(=O)(N[C@@H]1COc2cc(F)c(Br)cc21)C1CC1. The van der Waals surface area contributed by atoms with Crippen LogP contribution in [0.25, 0.3) is 0 Å². The third-order valence-electron chi connectivity index (χ3n) is 3.10. The van der Waals surface area contributed by atoms with Crippen LogP contribution in [0.2, 0.25) is 0 Å². The van der Waals surface area contributed by atoms with E-state index in [1.807, 2.05) is 0 Å². The summed E-state index contributed by atoms with van der Waals surface area (Å²) in [7, 11) is -3.28. The minimum atomic E-state index is -3.28. The standard InChI is InChI=1S/C11H11BrFNO3S/c12-8-3-7-10(5-17-11(7)4-9(8)13)14-18(15,16)6-1-2-6/h3-4,6,10,14H,1-2,5H2/t10-/m1/s1. The van der Waals surface area contributed by atoms with Gasteiger partial charge in [0.25, 0.3) is 0 Å². The van der Waals surface area contributed by atoms with Crippen molar-refractivity contribution in [2.24, 2.45) is 0 Å². The van der Waals surface area contributed by atoms with E-state index in [2.05, 4.69) is 20.7 Å². The molecule has 1 heterocycles. The number of hydrogen-bond donors (Lipinski definition) is 1. The van der Waals surface area contributed by atoms with E-state index in [4.69, 9.17) is 4.74 Å². The highest BCUT2D eigenvalue weighted by molar-refractivity contribution is 9.10. The fourth-order valence-corrected chi connectivity index (χ4v) is 3.88. The molecule has 0 aromatic heterocycles. The van der Waals surface area contributed by atoms with Gasteiger partial charge in [0.05, 0.1) is 15.8 Å². The molecule has 1 aliphatic carbocycles. The third-order valence-corrected chi connectivity index (χ3v) is 5.67. The lowest BCUT2D eigenvalue weighted by atomic mass is 10.1. The molecule has 0 unspecified atom stereocenters. The van der Waals surface area contributed by atoms with Crippen LogP contribution in [0, 0.1) is 5.82 Å². The molecule has 0 spiro atoms. The second-order valence-electron chi connectivity index (χ2n) is 4.53. The van der Waals surface area contributed by atoms with Crippen molar-refractivity contribution in [3.05, 3.63) is 28.0 Å². The Morgan fingerprint density at radius 3 is 2.78 bits per heavy atom. The van der Waals surface area contributed by atoms with Gasteiger partial charge in [0.15, 0.2) is 0 Å². The van der Waals surface area contributed by atoms with Gasteiger partial charge in [-0.15, -0.1) is 0 Å². The van der Waals surface area contributed by atoms with Crippen LogP contribution in [0.3, 0.4) is 0 Å². The molecule has 2 aliphatic rings. The average molecular weight is 336 g/mol. The summed E-state index contributed by atoms with van der Waals surface area (Å²) in [5.41, 5.74) is 0.674. The molecule has 0 amide bonds. The van der Waals surface area contributed by atoms with Crippen LogP contribution < -0.4 is 9.46 Å². The van der Waals surface area contributed by atoms with Crippen molar-refractivity contribution in [1.29, 1.82) is 0 Å². The van der Waals surface area contributed by atoms with Crippen LogP contribution in [0.4, 0.5) is 4.39 Å². The number of fused-ring (bicyclic) bond motifs is 1. The number of benzene rings is 1. The minimum Gasteiger partial charge on any atom is -0.491 e. The van der Waals surface area contributed by atoms with Gasteiger partial charge < -0.3 is 4.74 Å². The Bertz CT molecular complexity index is 601. The van der Waals surface area contributed by atoms with Crippen molar-refractivity contribution >= 4 is 26.0 Å². The number of halogens is 2. The van der Waals surface area contributed by atoms with Crippen LogP contribution in [0.15, 0.2) is 16.6 Å². The van der Waals surface area contributed by atoms with Crippen LogP contribution in [0.1, 0.15) is 24.4 Å². The molecule has 0 bridgehead atoms. The summed E-state index contributed by atoms with van der Waals surface area (Å²) in [5.74, 6) is -0.0151. The van der Waals surface area contributed by atoms with Gasteiger partial charge in [-0.3, -0.25) is 0 Å². The first-order valence-corrected chi connectivity index (χ1v) is 7.94. The molecule has 4 nitrogen and oxygen atoms in total. The van der Waals surface area contributed by atoms with E-state index in [-0.39, 0.29) is 11.9 Å². The van der Waals surface area contributed by atoms with Crippen molar-refractivity contribution in [3.8, 4) is 5.75 Å². The van der Waals surface area contributed by atoms with E-state index in [9.17, 15) is 12.8 Å². The normalized spacial score (nSPS) is 22.7. The van der Waals surface area contributed by atoms with Gasteiger partial charge in [-0.2, -0.15) is 0 Å². The summed E-state index contributed by atoms with van der Waals surface area (Å²) in [6, 6.07) is 2.41. The van der Waals surface area contributed by atoms with Gasteiger partial charge >= 0.3 is 0 Å². The molecule has 1 aromatic carbocycles. The molecule has 3 rings (SSSR count). The van der Waals surface area contributed by atoms with Crippen molar-refractivity contribution < 1.29 is 17.5 Å². The largest absolute Gasteiger partial charge is 0.491 e. The van der Waals surface area contributed by atoms with Gasteiger partial charge in [0.2, 0.25) is 10.0 Å². The molecule has 98 valence electrons. The minimum absolute atomic E-state index is 0.206. The number of sulfonamides is 1. The second kappa shape index (κ2) is 4.18. The molecule has 1 fully saturated rings. The topological polar surface area (TPSA) is 55.4 Å². The number of nitrogens with one attached hydrogen (secondary N) is 1. The predicted molar refractivity (Wildman–Crippen MR) is 67.4 cm³/mol. The fourth-order valence-electron chi connectivity index (χ4n) is 1.97. The van der Waals surface area contributed by atoms with Crippen molar-refractivity contribution in [2.45, 2.75) is 24.1 Å². The zero-order chi connectivity index (χ0) is 12.9. The third kappa shape index (κ3) is 2.15. The Morgan fingerprint density at radius 1 is 1.39 bits per heavy atom. The van der Waals surface area contributed by atoms with Crippen molar-refractivity contribution in [1.82, 2.24) is 4.72 Å². The van der Waals surface area contributed by atoms with Crippen molar-refractivity contribution in [2.75, 3.05) is 6.61 Å². The summed E-state index contributed by atoms with van der Waals surface area (Å²) in [4.78, 5) is 0. The first-order valence-electron chi connectivity index (χ1n) is 5.60. The molecule has 1 atom stereocenters. The van der Waals surface area contributed by atoms with Crippen LogP contribution in [0.5, 0.6) is 5.75 Å². The van der Waals surface area contributed by atoms with E-state index < -0.39 is 21.9 Å². The zero-order valence-corrected chi connectivity index (χ0v) is 11.7. The number of ether oxygens (including phenoxy) is 1. The van der Waals surface area contributed by atoms with Crippen LogP contribution >= 0.6 is 15.9 Å². The Kier molecular flexibility index (Phi) is 2.87. The molecule has 1 aromatic rings. The number of hydrogen-bond acceptors (Lipinski definition) is 3. The van der Waals surface area contributed by atoms with Gasteiger partial charge in [-0.25, -0.2) is 17.5 Å². The highest BCUT2D eigenvalue weighted by Gasteiger charge is 2.39. The first kappa shape index (κ1) is 12.4. The molecule has 18 heavy (non-hydrogen) atoms. The second-order valence-corrected chi connectivity index (χ2v) is 7.38. The van der Waals surface area contributed by atoms with E-state index in [0.29, 0.717) is 28.6 Å². The van der Waals surface area contributed by atoms with Crippen molar-refractivity contribution in [3.63, 3.8) is 0 Å². The first-order chi connectivity index (χ1) is 8.47. The van der Waals surface area contributed by atoms with E-state index in [1.165, 1.54) is 6.07 Å². The van der Waals surface area contributed by atoms with Gasteiger partial charge in [0, 0.05) is 11.6 Å². The lowest BCUT2D eigenvalue weighted by Gasteiger charge is -2.11. The zero-order valence-electron chi connectivity index (χ0n) is 9.32. The van der Waals surface area contributed by atoms with Gasteiger partial charge in [-0.1, -0.05) is 0 Å². The van der Waals surface area contributed by atoms with Crippen LogP contribution in [-0.4, -0.2) is 20.3 Å². The smallest absolute Gasteiger partial charge is 0.215 e. The highest BCUT2D eigenvalue weighted by atomic mass is 79.9. The molecule has 0 radical (unpaired) electrons. The molecule has 0 saturated heterocycles. The average Bonchev–Trinajstić information content (AvgIpc) is 3.08. The molecule has 1 N–H and O–H groups in total. The summed E-state index contributed by atoms with van der Waals surface area (Å²) in [6.45, 7) is 0.206. The fraction of sp³-hybridized carbons (Fsp3) is 0.455. The maximum atomic E-state index is 13.3. The van der Waals surface area contributed by atoms with E-state index in [1.54, 1.807) is 6.07 Å². The Balaban J connectivity index is 1.88. The quantitative estimate of drug-likeness (QED) is 0.920. The summed E-state index contributed by atoms with van der Waals surface area (Å²) >= 11 is 3.09. The Hall–Kier alpha value is -0.660. The molecule has 1 aliphatic heterocycles. The Morgan fingerprint density at radius 2 is 2.11 bits per heavy atom. The maximum absolute atomic E-state index is 13.3. The molecule has 7 heteroatoms. The van der Waals surface area contributed by atoms with Gasteiger partial charge in [0.1, 0.15) is 18.2 Å². The molecule has 1 saturated carbocycles. The van der Waals surface area contributed by atoms with Crippen LogP contribution in [-0.2, 0) is 10.0 Å². The summed E-state index contributed by atoms with van der Waals surface area (Å²) in [5, 5.41) is -0.273. The highest BCUT2D eigenvalue weighted by Crippen LogP contribution is 2.37. The maximum Gasteiger partial charge on any atom is 0.215 e. The number of rotatable bonds is 3. The predicted octanol–water partition coefficient (Wildman–Crippen LogP) is 2.10. The van der Waals surface area contributed by atoms with Gasteiger partial charge in [-0.05, 0) is 34.8 Å². The monoisotopic (exact) mass is 335 g/mol. The Labute approximate surface area is 113 Å². The lowest BCUT2D eigenvalue weighted by Crippen LogP contribution is -2.32. The lowest BCUT2D eigenvalue weighted by molar-refractivity contribution is 0.324. The molecular weight excluding hydrogens is 325 g/mol. The summed E-state index contributed by atoms with van der Waals surface area (Å²) in [6.07, 6.45) is 1.42. The molecular formula is C11H11BrFNO3S.